The van der Waals surface area contributed by atoms with Crippen molar-refractivity contribution >= 4 is 17.9 Å². The maximum Gasteiger partial charge on any atom is 0.249 e. The number of hydrogen-bond acceptors (Lipinski definition) is 6. The summed E-state index contributed by atoms with van der Waals surface area (Å²) in [5.41, 5.74) is 0.896. The Morgan fingerprint density at radius 1 is 1.21 bits per heavy atom. The number of benzene rings is 1. The SMILES string of the molecule is N#CC1C(O)=C(/C=N/c2ncccn2)C(=O)CC1c1ccccc1. The van der Waals surface area contributed by atoms with Crippen LogP contribution in [0.1, 0.15) is 17.9 Å². The van der Waals surface area contributed by atoms with Gasteiger partial charge in [-0.05, 0) is 11.6 Å². The molecule has 1 aromatic heterocycles. The summed E-state index contributed by atoms with van der Waals surface area (Å²) in [5.74, 6) is -1.48. The van der Waals surface area contributed by atoms with Gasteiger partial charge >= 0.3 is 0 Å². The lowest BCUT2D eigenvalue weighted by Gasteiger charge is -2.26. The number of Topliss-reactive ketones (excluding diaryl/α,β-unsaturated/α-hetero) is 1. The Balaban J connectivity index is 1.95. The minimum atomic E-state index is -0.789. The predicted octanol–water partition coefficient (Wildman–Crippen LogP) is 2.89. The van der Waals surface area contributed by atoms with E-state index in [0.717, 1.165) is 5.56 Å². The summed E-state index contributed by atoms with van der Waals surface area (Å²) in [7, 11) is 0. The van der Waals surface area contributed by atoms with Crippen molar-refractivity contribution in [3.63, 3.8) is 0 Å². The van der Waals surface area contributed by atoms with Crippen LogP contribution in [0.5, 0.6) is 0 Å². The number of carbonyl (C=O) groups is 1. The molecule has 6 heteroatoms. The molecule has 0 radical (unpaired) electrons. The molecule has 0 saturated heterocycles. The number of nitriles is 1. The number of rotatable bonds is 3. The first-order valence-corrected chi connectivity index (χ1v) is 7.42. The van der Waals surface area contributed by atoms with E-state index in [0.29, 0.717) is 0 Å². The molecule has 2 unspecified atom stereocenters. The number of hydrogen-bond donors (Lipinski definition) is 1. The standard InChI is InChI=1S/C18H14N4O2/c19-10-14-13(12-5-2-1-3-6-12)9-16(23)15(17(14)24)11-22-18-20-7-4-8-21-18/h1-8,11,13-14,24H,9H2/b22-11+. The number of allylic oxidation sites excluding steroid dienone is 2. The molecule has 1 aliphatic rings. The van der Waals surface area contributed by atoms with Crippen molar-refractivity contribution < 1.29 is 9.90 Å². The van der Waals surface area contributed by atoms with Crippen molar-refractivity contribution in [3.8, 4) is 6.07 Å². The summed E-state index contributed by atoms with van der Waals surface area (Å²) in [5, 5.41) is 19.9. The molecule has 24 heavy (non-hydrogen) atoms. The van der Waals surface area contributed by atoms with Gasteiger partial charge in [0.25, 0.3) is 0 Å². The van der Waals surface area contributed by atoms with E-state index in [1.807, 2.05) is 30.3 Å². The fourth-order valence-corrected chi connectivity index (χ4v) is 2.71. The summed E-state index contributed by atoms with van der Waals surface area (Å²) in [6, 6.07) is 13.0. The Kier molecular flexibility index (Phi) is 4.43. The molecule has 1 N–H and O–H groups in total. The summed E-state index contributed by atoms with van der Waals surface area (Å²) in [6.45, 7) is 0. The van der Waals surface area contributed by atoms with Crippen LogP contribution in [0, 0.1) is 17.2 Å². The van der Waals surface area contributed by atoms with Gasteiger partial charge in [0.1, 0.15) is 11.7 Å². The van der Waals surface area contributed by atoms with Crippen molar-refractivity contribution in [1.29, 1.82) is 5.26 Å². The maximum absolute atomic E-state index is 12.4. The number of nitrogens with zero attached hydrogens (tertiary/aromatic N) is 4. The van der Waals surface area contributed by atoms with Crippen LogP contribution in [0.25, 0.3) is 0 Å². The first kappa shape index (κ1) is 15.6. The number of ketones is 1. The van der Waals surface area contributed by atoms with Gasteiger partial charge in [-0.15, -0.1) is 0 Å². The summed E-state index contributed by atoms with van der Waals surface area (Å²) < 4.78 is 0. The Bertz CT molecular complexity index is 838. The van der Waals surface area contributed by atoms with Crippen molar-refractivity contribution in [2.45, 2.75) is 12.3 Å². The molecule has 2 atom stereocenters. The second kappa shape index (κ2) is 6.84. The van der Waals surface area contributed by atoms with Crippen LogP contribution < -0.4 is 0 Å². The van der Waals surface area contributed by atoms with Crippen molar-refractivity contribution in [1.82, 2.24) is 9.97 Å². The topological polar surface area (TPSA) is 99.2 Å². The van der Waals surface area contributed by atoms with Crippen LogP contribution >= 0.6 is 0 Å². The normalized spacial score (nSPS) is 21.0. The number of aliphatic hydroxyl groups is 1. The highest BCUT2D eigenvalue weighted by molar-refractivity contribution is 6.15. The van der Waals surface area contributed by atoms with Crippen LogP contribution in [0.3, 0.4) is 0 Å². The molecule has 0 saturated carbocycles. The molecule has 0 aliphatic heterocycles. The summed E-state index contributed by atoms with van der Waals surface area (Å²) in [6.07, 6.45) is 4.43. The molecular formula is C18H14N4O2. The number of carbonyl (C=O) groups excluding carboxylic acids is 1. The Hall–Kier alpha value is -3.33. The van der Waals surface area contributed by atoms with Crippen LogP contribution in [-0.4, -0.2) is 27.1 Å². The Labute approximate surface area is 138 Å². The zero-order valence-corrected chi connectivity index (χ0v) is 12.7. The molecule has 1 aliphatic carbocycles. The minimum Gasteiger partial charge on any atom is -0.510 e. The van der Waals surface area contributed by atoms with Gasteiger partial charge in [-0.3, -0.25) is 4.79 Å². The van der Waals surface area contributed by atoms with E-state index in [-0.39, 0.29) is 35.4 Å². The molecule has 0 amide bonds. The second-order valence-electron chi connectivity index (χ2n) is 5.36. The van der Waals surface area contributed by atoms with Gasteiger partial charge in [-0.1, -0.05) is 30.3 Å². The van der Waals surface area contributed by atoms with Crippen LogP contribution in [0.2, 0.25) is 0 Å². The first-order valence-electron chi connectivity index (χ1n) is 7.42. The minimum absolute atomic E-state index is 0.0428. The first-order chi connectivity index (χ1) is 11.7. The van der Waals surface area contributed by atoms with Gasteiger partial charge in [-0.25, -0.2) is 15.0 Å². The molecule has 6 nitrogen and oxygen atoms in total. The molecule has 0 bridgehead atoms. The highest BCUT2D eigenvalue weighted by Gasteiger charge is 2.36. The van der Waals surface area contributed by atoms with Gasteiger partial charge in [0, 0.05) is 30.9 Å². The van der Waals surface area contributed by atoms with Crippen LogP contribution in [0.15, 0.2) is 65.1 Å². The quantitative estimate of drug-likeness (QED) is 0.877. The van der Waals surface area contributed by atoms with Crippen molar-refractivity contribution in [2.75, 3.05) is 0 Å². The third-order valence-corrected chi connectivity index (χ3v) is 3.91. The number of aliphatic hydroxyl groups excluding tert-OH is 1. The summed E-state index contributed by atoms with van der Waals surface area (Å²) in [4.78, 5) is 24.3. The molecule has 0 fully saturated rings. The lowest BCUT2D eigenvalue weighted by Crippen LogP contribution is -2.27. The Morgan fingerprint density at radius 3 is 2.58 bits per heavy atom. The van der Waals surface area contributed by atoms with E-state index in [1.165, 1.54) is 18.6 Å². The van der Waals surface area contributed by atoms with Gasteiger partial charge < -0.3 is 5.11 Å². The second-order valence-corrected chi connectivity index (χ2v) is 5.36. The smallest absolute Gasteiger partial charge is 0.249 e. The largest absolute Gasteiger partial charge is 0.510 e. The van der Waals surface area contributed by atoms with Gasteiger partial charge in [-0.2, -0.15) is 5.26 Å². The third-order valence-electron chi connectivity index (χ3n) is 3.91. The summed E-state index contributed by atoms with van der Waals surface area (Å²) >= 11 is 0. The molecule has 1 aromatic carbocycles. The highest BCUT2D eigenvalue weighted by Crippen LogP contribution is 2.37. The van der Waals surface area contributed by atoms with Crippen LogP contribution in [-0.2, 0) is 4.79 Å². The van der Waals surface area contributed by atoms with Crippen LogP contribution in [0.4, 0.5) is 5.95 Å². The van der Waals surface area contributed by atoms with E-state index in [4.69, 9.17) is 0 Å². The average molecular weight is 318 g/mol. The number of aromatic nitrogens is 2. The van der Waals surface area contributed by atoms with Gasteiger partial charge in [0.15, 0.2) is 5.78 Å². The lowest BCUT2D eigenvalue weighted by atomic mass is 9.76. The molecular weight excluding hydrogens is 304 g/mol. The Morgan fingerprint density at radius 2 is 1.92 bits per heavy atom. The fraction of sp³-hybridized carbons (Fsp3) is 0.167. The zero-order chi connectivity index (χ0) is 16.9. The molecule has 0 spiro atoms. The highest BCUT2D eigenvalue weighted by atomic mass is 16.3. The third kappa shape index (κ3) is 3.06. The predicted molar refractivity (Wildman–Crippen MR) is 87.7 cm³/mol. The number of aliphatic imine (C=N–C) groups is 1. The van der Waals surface area contributed by atoms with E-state index in [1.54, 1.807) is 6.07 Å². The maximum atomic E-state index is 12.4. The molecule has 118 valence electrons. The molecule has 2 aromatic rings. The van der Waals surface area contributed by atoms with Gasteiger partial charge in [0.05, 0.1) is 11.6 Å². The zero-order valence-electron chi connectivity index (χ0n) is 12.7. The van der Waals surface area contributed by atoms with Gasteiger partial charge in [0.2, 0.25) is 5.95 Å². The van der Waals surface area contributed by atoms with Crippen molar-refractivity contribution in [3.05, 3.63) is 65.7 Å². The van der Waals surface area contributed by atoms with E-state index < -0.39 is 5.92 Å². The monoisotopic (exact) mass is 318 g/mol. The van der Waals surface area contributed by atoms with E-state index in [2.05, 4.69) is 21.0 Å². The fourth-order valence-electron chi connectivity index (χ4n) is 2.71. The van der Waals surface area contributed by atoms with Crippen molar-refractivity contribution in [2.24, 2.45) is 10.9 Å². The van der Waals surface area contributed by atoms with E-state index in [9.17, 15) is 15.2 Å². The molecule has 1 heterocycles. The van der Waals surface area contributed by atoms with E-state index >= 15 is 0 Å². The average Bonchev–Trinajstić information content (AvgIpc) is 2.63. The molecule has 3 rings (SSSR count). The lowest BCUT2D eigenvalue weighted by molar-refractivity contribution is -0.116.